The first-order valence-corrected chi connectivity index (χ1v) is 10.3. The summed E-state index contributed by atoms with van der Waals surface area (Å²) in [6.07, 6.45) is 6.50. The predicted octanol–water partition coefficient (Wildman–Crippen LogP) is 3.37. The molecule has 152 valence electrons. The number of aryl methyl sites for hydroxylation is 2. The highest BCUT2D eigenvalue weighted by Crippen LogP contribution is 2.20. The molecule has 6 nitrogen and oxygen atoms in total. The number of hydrogen-bond acceptors (Lipinski definition) is 4. The van der Waals surface area contributed by atoms with Gasteiger partial charge in [-0.25, -0.2) is 4.98 Å². The molecule has 0 aliphatic carbocycles. The Balaban J connectivity index is 1.78. The molecule has 1 N–H and O–H groups in total. The summed E-state index contributed by atoms with van der Waals surface area (Å²) in [5.41, 5.74) is 1.00. The third kappa shape index (κ3) is 7.01. The van der Waals surface area contributed by atoms with Crippen molar-refractivity contribution in [3.8, 4) is 0 Å². The normalized spacial score (nSPS) is 16.5. The van der Waals surface area contributed by atoms with E-state index < -0.39 is 0 Å². The van der Waals surface area contributed by atoms with Crippen molar-refractivity contribution in [1.29, 1.82) is 0 Å². The molecule has 0 atom stereocenters. The minimum atomic E-state index is 0.657. The van der Waals surface area contributed by atoms with E-state index in [1.807, 2.05) is 19.9 Å². The molecule has 1 saturated heterocycles. The Morgan fingerprint density at radius 1 is 1.41 bits per heavy atom. The Hall–Kier alpha value is -1.82. The van der Waals surface area contributed by atoms with Gasteiger partial charge in [-0.1, -0.05) is 6.08 Å². The van der Waals surface area contributed by atoms with E-state index in [0.717, 1.165) is 75.4 Å². The lowest BCUT2D eigenvalue weighted by Crippen LogP contribution is -2.40. The number of likely N-dealkylation sites (tertiary alicyclic amines) is 1. The summed E-state index contributed by atoms with van der Waals surface area (Å²) in [6.45, 7) is 15.7. The number of unbranched alkanes of at least 4 members (excludes halogenated alkanes) is 1. The molecule has 0 radical (unpaired) electrons. The van der Waals surface area contributed by atoms with Crippen molar-refractivity contribution in [2.75, 3.05) is 39.8 Å². The van der Waals surface area contributed by atoms with Crippen molar-refractivity contribution < 1.29 is 4.42 Å². The largest absolute Gasteiger partial charge is 0.444 e. The second-order valence-electron chi connectivity index (χ2n) is 7.52. The number of aliphatic imine (C=N–C) groups is 1. The lowest BCUT2D eigenvalue weighted by atomic mass is 9.97. The van der Waals surface area contributed by atoms with E-state index in [2.05, 4.69) is 40.7 Å². The third-order valence-corrected chi connectivity index (χ3v) is 5.24. The fourth-order valence-electron chi connectivity index (χ4n) is 3.39. The van der Waals surface area contributed by atoms with Crippen LogP contribution < -0.4 is 5.32 Å². The number of nitrogens with zero attached hydrogens (tertiary/aromatic N) is 4. The van der Waals surface area contributed by atoms with Gasteiger partial charge in [-0.3, -0.25) is 9.89 Å². The summed E-state index contributed by atoms with van der Waals surface area (Å²) in [5, 5.41) is 3.42. The van der Waals surface area contributed by atoms with E-state index in [9.17, 15) is 0 Å². The molecule has 0 bridgehead atoms. The standard InChI is InChI=1S/C21H37N5O/c1-6-8-9-12-25(5)21(22-7-2)23-15-19-10-13-26(14-11-19)16-20-24-17(3)18(4)27-20/h6,19H,1,7-16H2,2-5H3,(H,22,23). The van der Waals surface area contributed by atoms with Crippen LogP contribution in [-0.4, -0.2) is 60.5 Å². The van der Waals surface area contributed by atoms with Gasteiger partial charge in [0.2, 0.25) is 5.89 Å². The number of piperidine rings is 1. The van der Waals surface area contributed by atoms with Crippen LogP contribution in [0.1, 0.15) is 50.0 Å². The third-order valence-electron chi connectivity index (χ3n) is 5.24. The Labute approximate surface area is 164 Å². The van der Waals surface area contributed by atoms with Crippen LogP contribution in [0.15, 0.2) is 22.1 Å². The van der Waals surface area contributed by atoms with Gasteiger partial charge in [0, 0.05) is 26.7 Å². The topological polar surface area (TPSA) is 56.9 Å². The molecule has 1 aromatic heterocycles. The average Bonchev–Trinajstić information content (AvgIpc) is 2.97. The van der Waals surface area contributed by atoms with Crippen molar-refractivity contribution >= 4 is 5.96 Å². The second kappa shape index (κ2) is 11.1. The first-order chi connectivity index (χ1) is 13.0. The van der Waals surface area contributed by atoms with E-state index in [1.165, 1.54) is 12.8 Å². The summed E-state index contributed by atoms with van der Waals surface area (Å²) in [7, 11) is 2.12. The number of nitrogens with one attached hydrogen (secondary N) is 1. The van der Waals surface area contributed by atoms with Gasteiger partial charge in [0.1, 0.15) is 5.76 Å². The highest BCUT2D eigenvalue weighted by molar-refractivity contribution is 5.79. The lowest BCUT2D eigenvalue weighted by Gasteiger charge is -2.30. The number of hydrogen-bond donors (Lipinski definition) is 1. The lowest BCUT2D eigenvalue weighted by molar-refractivity contribution is 0.166. The van der Waals surface area contributed by atoms with Crippen molar-refractivity contribution in [3.63, 3.8) is 0 Å². The maximum absolute atomic E-state index is 5.72. The monoisotopic (exact) mass is 375 g/mol. The Bertz CT molecular complexity index is 582. The van der Waals surface area contributed by atoms with Crippen LogP contribution >= 0.6 is 0 Å². The van der Waals surface area contributed by atoms with Crippen molar-refractivity contribution in [3.05, 3.63) is 30.0 Å². The van der Waals surface area contributed by atoms with E-state index in [4.69, 9.17) is 9.41 Å². The predicted molar refractivity (Wildman–Crippen MR) is 112 cm³/mol. The molecule has 27 heavy (non-hydrogen) atoms. The summed E-state index contributed by atoms with van der Waals surface area (Å²) in [5.74, 6) is 3.46. The highest BCUT2D eigenvalue weighted by Gasteiger charge is 2.21. The molecule has 0 unspecified atom stereocenters. The maximum Gasteiger partial charge on any atom is 0.208 e. The van der Waals surface area contributed by atoms with Gasteiger partial charge >= 0.3 is 0 Å². The van der Waals surface area contributed by atoms with Crippen LogP contribution in [-0.2, 0) is 6.54 Å². The molecule has 0 spiro atoms. The van der Waals surface area contributed by atoms with Crippen molar-refractivity contribution in [2.24, 2.45) is 10.9 Å². The van der Waals surface area contributed by atoms with Crippen molar-refractivity contribution in [1.82, 2.24) is 20.1 Å². The van der Waals surface area contributed by atoms with Crippen LogP contribution in [0.3, 0.4) is 0 Å². The van der Waals surface area contributed by atoms with Crippen LogP contribution in [0.5, 0.6) is 0 Å². The smallest absolute Gasteiger partial charge is 0.208 e. The Morgan fingerprint density at radius 2 is 2.15 bits per heavy atom. The zero-order valence-electron chi connectivity index (χ0n) is 17.6. The summed E-state index contributed by atoms with van der Waals surface area (Å²) < 4.78 is 5.72. The molecule has 1 aliphatic rings. The van der Waals surface area contributed by atoms with E-state index >= 15 is 0 Å². The fraction of sp³-hybridized carbons (Fsp3) is 0.714. The summed E-state index contributed by atoms with van der Waals surface area (Å²) in [6, 6.07) is 0. The van der Waals surface area contributed by atoms with Crippen LogP contribution in [0.25, 0.3) is 0 Å². The number of allylic oxidation sites excluding steroid dienone is 1. The van der Waals surface area contributed by atoms with Crippen LogP contribution in [0.4, 0.5) is 0 Å². The molecule has 1 aliphatic heterocycles. The fourth-order valence-corrected chi connectivity index (χ4v) is 3.39. The zero-order valence-corrected chi connectivity index (χ0v) is 17.6. The summed E-state index contributed by atoms with van der Waals surface area (Å²) in [4.78, 5) is 14.1. The molecular weight excluding hydrogens is 338 g/mol. The van der Waals surface area contributed by atoms with Crippen LogP contribution in [0, 0.1) is 19.8 Å². The highest BCUT2D eigenvalue weighted by atomic mass is 16.4. The summed E-state index contributed by atoms with van der Waals surface area (Å²) >= 11 is 0. The molecule has 0 saturated carbocycles. The quantitative estimate of drug-likeness (QED) is 0.310. The molecule has 0 amide bonds. The zero-order chi connectivity index (χ0) is 19.6. The van der Waals surface area contributed by atoms with Gasteiger partial charge in [0.05, 0.1) is 12.2 Å². The van der Waals surface area contributed by atoms with Gasteiger partial charge in [0.25, 0.3) is 0 Å². The van der Waals surface area contributed by atoms with Gasteiger partial charge in [-0.15, -0.1) is 6.58 Å². The molecule has 2 rings (SSSR count). The SMILES string of the molecule is C=CCCCN(C)C(=NCC1CCN(Cc2nc(C)c(C)o2)CC1)NCC. The molecule has 1 aromatic rings. The van der Waals surface area contributed by atoms with Gasteiger partial charge in [-0.2, -0.15) is 0 Å². The minimum absolute atomic E-state index is 0.657. The Morgan fingerprint density at radius 3 is 2.74 bits per heavy atom. The number of rotatable bonds is 9. The van der Waals surface area contributed by atoms with E-state index in [1.54, 1.807) is 0 Å². The van der Waals surface area contributed by atoms with Crippen molar-refractivity contribution in [2.45, 2.75) is 53.0 Å². The second-order valence-corrected chi connectivity index (χ2v) is 7.52. The van der Waals surface area contributed by atoms with E-state index in [0.29, 0.717) is 5.92 Å². The molecule has 2 heterocycles. The molecule has 0 aromatic carbocycles. The minimum Gasteiger partial charge on any atom is -0.444 e. The molecule has 6 heteroatoms. The van der Waals surface area contributed by atoms with E-state index in [-0.39, 0.29) is 0 Å². The van der Waals surface area contributed by atoms with Crippen LogP contribution in [0.2, 0.25) is 0 Å². The molecule has 1 fully saturated rings. The molecular formula is C21H37N5O. The average molecular weight is 376 g/mol. The van der Waals surface area contributed by atoms with Gasteiger partial charge in [0.15, 0.2) is 5.96 Å². The maximum atomic E-state index is 5.72. The first kappa shape index (κ1) is 21.5. The number of guanidine groups is 1. The first-order valence-electron chi connectivity index (χ1n) is 10.3. The van der Waals surface area contributed by atoms with Gasteiger partial charge < -0.3 is 14.6 Å². The number of aromatic nitrogens is 1. The number of oxazole rings is 1. The Kier molecular flexibility index (Phi) is 8.85. The van der Waals surface area contributed by atoms with Gasteiger partial charge in [-0.05, 0) is 65.5 Å².